The van der Waals surface area contributed by atoms with Crippen molar-refractivity contribution < 1.29 is 18.6 Å². The summed E-state index contributed by atoms with van der Waals surface area (Å²) in [6.07, 6.45) is 1.42. The molecule has 1 aromatic carbocycles. The van der Waals surface area contributed by atoms with Crippen molar-refractivity contribution in [3.8, 4) is 5.88 Å². The maximum absolute atomic E-state index is 14.1. The monoisotopic (exact) mass is 320 g/mol. The van der Waals surface area contributed by atoms with Gasteiger partial charge in [-0.05, 0) is 30.7 Å². The van der Waals surface area contributed by atoms with Gasteiger partial charge in [-0.1, -0.05) is 6.07 Å². The van der Waals surface area contributed by atoms with Crippen LogP contribution in [-0.2, 0) is 6.54 Å². The van der Waals surface area contributed by atoms with Gasteiger partial charge in [0, 0.05) is 36.5 Å². The number of halogens is 2. The second kappa shape index (κ2) is 6.60. The molecular formula is C17H18F2N2O2. The van der Waals surface area contributed by atoms with Gasteiger partial charge in [-0.25, -0.2) is 13.8 Å². The van der Waals surface area contributed by atoms with Gasteiger partial charge in [0.2, 0.25) is 5.88 Å². The zero-order valence-corrected chi connectivity index (χ0v) is 12.7. The van der Waals surface area contributed by atoms with E-state index in [2.05, 4.69) is 4.98 Å². The molecule has 0 radical (unpaired) electrons. The van der Waals surface area contributed by atoms with Crippen molar-refractivity contribution in [3.63, 3.8) is 0 Å². The van der Waals surface area contributed by atoms with Gasteiger partial charge in [0.15, 0.2) is 0 Å². The molecule has 0 amide bonds. The second-order valence-corrected chi connectivity index (χ2v) is 5.67. The minimum Gasteiger partial charge on any atom is -0.481 e. The third kappa shape index (κ3) is 3.33. The van der Waals surface area contributed by atoms with Crippen LogP contribution in [0.4, 0.5) is 8.78 Å². The number of benzene rings is 1. The van der Waals surface area contributed by atoms with Gasteiger partial charge in [-0.2, -0.15) is 0 Å². The SMILES string of the molecule is COc1ncccc1CN1C[C@H](O)C[C@H]1c1cc(F)ccc1F. The molecule has 1 fully saturated rings. The Labute approximate surface area is 133 Å². The first kappa shape index (κ1) is 15.8. The first-order chi connectivity index (χ1) is 11.1. The minimum absolute atomic E-state index is 0.268. The summed E-state index contributed by atoms with van der Waals surface area (Å²) in [6, 6.07) is 6.70. The van der Waals surface area contributed by atoms with Gasteiger partial charge in [-0.3, -0.25) is 4.90 Å². The Balaban J connectivity index is 1.89. The van der Waals surface area contributed by atoms with Crippen molar-refractivity contribution in [1.82, 2.24) is 9.88 Å². The van der Waals surface area contributed by atoms with Crippen LogP contribution in [0.2, 0.25) is 0 Å². The summed E-state index contributed by atoms with van der Waals surface area (Å²) >= 11 is 0. The fourth-order valence-electron chi connectivity index (χ4n) is 3.09. The maximum atomic E-state index is 14.1. The smallest absolute Gasteiger partial charge is 0.217 e. The topological polar surface area (TPSA) is 45.6 Å². The molecule has 1 aromatic heterocycles. The Morgan fingerprint density at radius 2 is 2.17 bits per heavy atom. The molecule has 0 saturated carbocycles. The van der Waals surface area contributed by atoms with Crippen molar-refractivity contribution in [3.05, 3.63) is 59.3 Å². The maximum Gasteiger partial charge on any atom is 0.217 e. The number of β-amino-alcohol motifs (C(OH)–C–C–N with tert-alkyl or cyclic N) is 1. The van der Waals surface area contributed by atoms with Crippen molar-refractivity contribution in [2.45, 2.75) is 25.1 Å². The number of hydrogen-bond acceptors (Lipinski definition) is 4. The first-order valence-electron chi connectivity index (χ1n) is 7.43. The molecule has 122 valence electrons. The molecular weight excluding hydrogens is 302 g/mol. The van der Waals surface area contributed by atoms with Gasteiger partial charge in [-0.15, -0.1) is 0 Å². The van der Waals surface area contributed by atoms with Crippen LogP contribution in [0.15, 0.2) is 36.5 Å². The van der Waals surface area contributed by atoms with Crippen LogP contribution < -0.4 is 4.74 Å². The molecule has 1 aliphatic heterocycles. The Hall–Kier alpha value is -2.05. The number of likely N-dealkylation sites (tertiary alicyclic amines) is 1. The first-order valence-corrected chi connectivity index (χ1v) is 7.43. The van der Waals surface area contributed by atoms with E-state index in [1.54, 1.807) is 12.3 Å². The van der Waals surface area contributed by atoms with Crippen LogP contribution in [-0.4, -0.2) is 34.7 Å². The van der Waals surface area contributed by atoms with Crippen molar-refractivity contribution in [2.75, 3.05) is 13.7 Å². The van der Waals surface area contributed by atoms with E-state index >= 15 is 0 Å². The molecule has 0 aliphatic carbocycles. The van der Waals surface area contributed by atoms with E-state index in [1.165, 1.54) is 13.2 Å². The summed E-state index contributed by atoms with van der Waals surface area (Å²) < 4.78 is 32.8. The number of pyridine rings is 1. The molecule has 23 heavy (non-hydrogen) atoms. The number of hydrogen-bond donors (Lipinski definition) is 1. The van der Waals surface area contributed by atoms with E-state index in [-0.39, 0.29) is 11.6 Å². The van der Waals surface area contributed by atoms with E-state index < -0.39 is 17.7 Å². The summed E-state index contributed by atoms with van der Waals surface area (Å²) in [5, 5.41) is 9.99. The van der Waals surface area contributed by atoms with Crippen LogP contribution in [0.1, 0.15) is 23.6 Å². The van der Waals surface area contributed by atoms with Gasteiger partial charge in [0.05, 0.1) is 13.2 Å². The lowest BCUT2D eigenvalue weighted by Crippen LogP contribution is -2.25. The lowest BCUT2D eigenvalue weighted by molar-refractivity contribution is 0.171. The zero-order valence-electron chi connectivity index (χ0n) is 12.7. The summed E-state index contributed by atoms with van der Waals surface area (Å²) in [6.45, 7) is 0.827. The number of aliphatic hydroxyl groups excluding tert-OH is 1. The average Bonchev–Trinajstić information content (AvgIpc) is 2.90. The third-order valence-corrected chi connectivity index (χ3v) is 4.12. The Kier molecular flexibility index (Phi) is 4.54. The largest absolute Gasteiger partial charge is 0.481 e. The number of methoxy groups -OCH3 is 1. The molecule has 1 N–H and O–H groups in total. The second-order valence-electron chi connectivity index (χ2n) is 5.67. The van der Waals surface area contributed by atoms with E-state index in [0.29, 0.717) is 25.4 Å². The van der Waals surface area contributed by atoms with Crippen molar-refractivity contribution >= 4 is 0 Å². The molecule has 2 atom stereocenters. The Morgan fingerprint density at radius 1 is 1.35 bits per heavy atom. The van der Waals surface area contributed by atoms with Crippen LogP contribution >= 0.6 is 0 Å². The molecule has 0 unspecified atom stereocenters. The van der Waals surface area contributed by atoms with E-state index in [4.69, 9.17) is 4.74 Å². The van der Waals surface area contributed by atoms with Crippen molar-refractivity contribution in [1.29, 1.82) is 0 Å². The van der Waals surface area contributed by atoms with Crippen molar-refractivity contribution in [2.24, 2.45) is 0 Å². The molecule has 1 saturated heterocycles. The number of nitrogens with zero attached hydrogens (tertiary/aromatic N) is 2. The number of aromatic nitrogens is 1. The number of aliphatic hydroxyl groups is 1. The molecule has 1 aliphatic rings. The molecule has 4 nitrogen and oxygen atoms in total. The Bertz CT molecular complexity index is 696. The lowest BCUT2D eigenvalue weighted by Gasteiger charge is -2.25. The quantitative estimate of drug-likeness (QED) is 0.941. The molecule has 0 spiro atoms. The molecule has 2 heterocycles. The van der Waals surface area contributed by atoms with E-state index in [9.17, 15) is 13.9 Å². The highest BCUT2D eigenvalue weighted by Crippen LogP contribution is 2.35. The third-order valence-electron chi connectivity index (χ3n) is 4.12. The van der Waals surface area contributed by atoms with E-state index in [1.807, 2.05) is 11.0 Å². The normalized spacial score (nSPS) is 21.6. The predicted octanol–water partition coefficient (Wildman–Crippen LogP) is 2.68. The summed E-state index contributed by atoms with van der Waals surface area (Å²) in [7, 11) is 1.54. The number of ether oxygens (including phenoxy) is 1. The number of rotatable bonds is 4. The predicted molar refractivity (Wildman–Crippen MR) is 80.9 cm³/mol. The summed E-state index contributed by atoms with van der Waals surface area (Å²) in [5.74, 6) is -0.456. The van der Waals surface area contributed by atoms with Crippen LogP contribution in [0, 0.1) is 11.6 Å². The lowest BCUT2D eigenvalue weighted by atomic mass is 10.0. The standard InChI is InChI=1S/C17H18F2N2O2/c1-23-17-11(3-2-6-20-17)9-21-10-13(22)8-16(21)14-7-12(18)4-5-15(14)19/h2-7,13,16,22H,8-10H2,1H3/t13-,16+/m1/s1. The fourth-order valence-corrected chi connectivity index (χ4v) is 3.09. The van der Waals surface area contributed by atoms with Gasteiger partial charge in [0.25, 0.3) is 0 Å². The van der Waals surface area contributed by atoms with Crippen LogP contribution in [0.25, 0.3) is 0 Å². The zero-order chi connectivity index (χ0) is 16.4. The van der Waals surface area contributed by atoms with Gasteiger partial charge in [0.1, 0.15) is 11.6 Å². The highest BCUT2D eigenvalue weighted by Gasteiger charge is 2.34. The molecule has 6 heteroatoms. The highest BCUT2D eigenvalue weighted by atomic mass is 19.1. The molecule has 0 bridgehead atoms. The average molecular weight is 320 g/mol. The van der Waals surface area contributed by atoms with E-state index in [0.717, 1.165) is 17.7 Å². The van der Waals surface area contributed by atoms with Crippen LogP contribution in [0.5, 0.6) is 5.88 Å². The highest BCUT2D eigenvalue weighted by molar-refractivity contribution is 5.28. The summed E-state index contributed by atoms with van der Waals surface area (Å²) in [4.78, 5) is 6.06. The molecule has 3 rings (SSSR count). The summed E-state index contributed by atoms with van der Waals surface area (Å²) in [5.41, 5.74) is 1.11. The minimum atomic E-state index is -0.578. The van der Waals surface area contributed by atoms with Gasteiger partial charge >= 0.3 is 0 Å². The Morgan fingerprint density at radius 3 is 2.96 bits per heavy atom. The molecule has 2 aromatic rings. The van der Waals surface area contributed by atoms with Gasteiger partial charge < -0.3 is 9.84 Å². The fraction of sp³-hybridized carbons (Fsp3) is 0.353. The van der Waals surface area contributed by atoms with Crippen LogP contribution in [0.3, 0.4) is 0 Å².